The predicted octanol–water partition coefficient (Wildman–Crippen LogP) is 3.64. The van der Waals surface area contributed by atoms with Gasteiger partial charge in [-0.2, -0.15) is 0 Å². The van der Waals surface area contributed by atoms with Crippen LogP contribution < -0.4 is 0 Å². The maximum absolute atomic E-state index is 9.76. The lowest BCUT2D eigenvalue weighted by Gasteiger charge is -2.39. The van der Waals surface area contributed by atoms with Crippen LogP contribution in [0.4, 0.5) is 0 Å². The van der Waals surface area contributed by atoms with Crippen LogP contribution in [0, 0.1) is 23.2 Å². The van der Waals surface area contributed by atoms with Crippen molar-refractivity contribution in [3.8, 4) is 0 Å². The standard InChI is InChI=1S/C20H40O4/c1-6-8-16(4)19-10-18(9-17(5)15(3)7-2)23-13-20(11-21,12-22)14-24-19/h15-19,21-22H,6-14H2,1-5H3. The monoisotopic (exact) mass is 344 g/mol. The molecule has 24 heavy (non-hydrogen) atoms. The first-order valence-electron chi connectivity index (χ1n) is 9.86. The van der Waals surface area contributed by atoms with Crippen molar-refractivity contribution in [3.05, 3.63) is 0 Å². The van der Waals surface area contributed by atoms with Gasteiger partial charge in [0.25, 0.3) is 0 Å². The molecule has 0 saturated carbocycles. The second-order valence-corrected chi connectivity index (χ2v) is 8.20. The van der Waals surface area contributed by atoms with E-state index in [1.807, 2.05) is 0 Å². The Kier molecular flexibility index (Phi) is 9.80. The molecule has 0 aromatic carbocycles. The van der Waals surface area contributed by atoms with E-state index in [9.17, 15) is 10.2 Å². The van der Waals surface area contributed by atoms with Crippen molar-refractivity contribution in [2.75, 3.05) is 26.4 Å². The Balaban J connectivity index is 2.84. The zero-order chi connectivity index (χ0) is 18.2. The van der Waals surface area contributed by atoms with Crippen LogP contribution in [0.1, 0.15) is 66.7 Å². The van der Waals surface area contributed by atoms with Crippen molar-refractivity contribution in [1.29, 1.82) is 0 Å². The average Bonchev–Trinajstić information content (AvgIpc) is 2.57. The maximum Gasteiger partial charge on any atom is 0.0632 e. The lowest BCUT2D eigenvalue weighted by molar-refractivity contribution is -0.157. The normalized spacial score (nSPS) is 28.6. The fourth-order valence-corrected chi connectivity index (χ4v) is 3.50. The molecule has 0 aromatic heterocycles. The molecule has 1 saturated heterocycles. The van der Waals surface area contributed by atoms with Gasteiger partial charge >= 0.3 is 0 Å². The average molecular weight is 345 g/mol. The fourth-order valence-electron chi connectivity index (χ4n) is 3.50. The molecular weight excluding hydrogens is 304 g/mol. The lowest BCUT2D eigenvalue weighted by atomic mass is 9.84. The zero-order valence-corrected chi connectivity index (χ0v) is 16.5. The molecule has 0 spiro atoms. The molecule has 1 aliphatic heterocycles. The summed E-state index contributed by atoms with van der Waals surface area (Å²) in [4.78, 5) is 0. The van der Waals surface area contributed by atoms with Gasteiger partial charge in [-0.1, -0.05) is 47.5 Å². The molecule has 1 heterocycles. The zero-order valence-electron chi connectivity index (χ0n) is 16.5. The van der Waals surface area contributed by atoms with E-state index in [4.69, 9.17) is 9.47 Å². The van der Waals surface area contributed by atoms with Gasteiger partial charge in [-0.3, -0.25) is 0 Å². The van der Waals surface area contributed by atoms with E-state index >= 15 is 0 Å². The van der Waals surface area contributed by atoms with Crippen molar-refractivity contribution >= 4 is 0 Å². The van der Waals surface area contributed by atoms with Gasteiger partial charge in [0.1, 0.15) is 0 Å². The van der Waals surface area contributed by atoms with Crippen molar-refractivity contribution in [2.45, 2.75) is 78.9 Å². The Morgan fingerprint density at radius 3 is 2.17 bits per heavy atom. The smallest absolute Gasteiger partial charge is 0.0632 e. The minimum atomic E-state index is -0.678. The quantitative estimate of drug-likeness (QED) is 0.670. The molecule has 144 valence electrons. The SMILES string of the molecule is CCCC(C)C1CC(CC(C)C(C)CC)OCC(CO)(CO)CO1. The van der Waals surface area contributed by atoms with Crippen molar-refractivity contribution in [3.63, 3.8) is 0 Å². The van der Waals surface area contributed by atoms with Crippen molar-refractivity contribution in [2.24, 2.45) is 23.2 Å². The first-order valence-corrected chi connectivity index (χ1v) is 9.86. The number of hydrogen-bond donors (Lipinski definition) is 2. The highest BCUT2D eigenvalue weighted by atomic mass is 16.5. The first-order chi connectivity index (χ1) is 11.4. The molecule has 2 N–H and O–H groups in total. The Bertz CT molecular complexity index is 330. The van der Waals surface area contributed by atoms with Crippen LogP contribution in [0.25, 0.3) is 0 Å². The van der Waals surface area contributed by atoms with Crippen LogP contribution in [-0.4, -0.2) is 48.8 Å². The molecule has 0 bridgehead atoms. The van der Waals surface area contributed by atoms with Crippen LogP contribution >= 0.6 is 0 Å². The van der Waals surface area contributed by atoms with Crippen LogP contribution in [0.2, 0.25) is 0 Å². The van der Waals surface area contributed by atoms with Crippen LogP contribution in [0.3, 0.4) is 0 Å². The van der Waals surface area contributed by atoms with Gasteiger partial charge < -0.3 is 19.7 Å². The highest BCUT2D eigenvalue weighted by Crippen LogP contribution is 2.31. The van der Waals surface area contributed by atoms with E-state index in [1.165, 1.54) is 6.42 Å². The molecule has 1 aliphatic rings. The van der Waals surface area contributed by atoms with Crippen molar-refractivity contribution in [1.82, 2.24) is 0 Å². The molecule has 1 rings (SSSR count). The Labute approximate surface area is 148 Å². The molecular formula is C20H40O4. The first kappa shape index (κ1) is 21.9. The summed E-state index contributed by atoms with van der Waals surface area (Å²) in [5.41, 5.74) is -0.678. The third-order valence-electron chi connectivity index (χ3n) is 6.02. The van der Waals surface area contributed by atoms with Crippen LogP contribution in [0.15, 0.2) is 0 Å². The number of rotatable bonds is 9. The summed E-state index contributed by atoms with van der Waals surface area (Å²) in [5, 5.41) is 19.5. The van der Waals surface area contributed by atoms with Gasteiger partial charge in [-0.25, -0.2) is 0 Å². The number of aliphatic hydroxyl groups is 2. The minimum absolute atomic E-state index is 0.105. The summed E-state index contributed by atoms with van der Waals surface area (Å²) in [6.45, 7) is 11.8. The van der Waals surface area contributed by atoms with Crippen molar-refractivity contribution < 1.29 is 19.7 Å². The van der Waals surface area contributed by atoms with E-state index in [-0.39, 0.29) is 25.4 Å². The molecule has 0 radical (unpaired) electrons. The molecule has 4 heteroatoms. The number of ether oxygens (including phenoxy) is 2. The number of hydrogen-bond acceptors (Lipinski definition) is 4. The Morgan fingerprint density at radius 1 is 1.00 bits per heavy atom. The van der Waals surface area contributed by atoms with Gasteiger partial charge in [0, 0.05) is 6.42 Å². The summed E-state index contributed by atoms with van der Waals surface area (Å²) in [5.74, 6) is 1.74. The second kappa shape index (κ2) is 10.7. The third kappa shape index (κ3) is 6.29. The molecule has 0 amide bonds. The maximum atomic E-state index is 9.76. The van der Waals surface area contributed by atoms with Gasteiger partial charge in [0.15, 0.2) is 0 Å². The van der Waals surface area contributed by atoms with E-state index < -0.39 is 5.41 Å². The molecule has 1 fully saturated rings. The van der Waals surface area contributed by atoms with E-state index in [0.29, 0.717) is 31.0 Å². The summed E-state index contributed by atoms with van der Waals surface area (Å²) < 4.78 is 12.4. The molecule has 5 atom stereocenters. The second-order valence-electron chi connectivity index (χ2n) is 8.20. The highest BCUT2D eigenvalue weighted by molar-refractivity contribution is 4.84. The van der Waals surface area contributed by atoms with Gasteiger partial charge in [0.2, 0.25) is 0 Å². The van der Waals surface area contributed by atoms with Gasteiger partial charge in [0.05, 0.1) is 44.1 Å². The fraction of sp³-hybridized carbons (Fsp3) is 1.00. The van der Waals surface area contributed by atoms with Gasteiger partial charge in [-0.15, -0.1) is 0 Å². The third-order valence-corrected chi connectivity index (χ3v) is 6.02. The Hall–Kier alpha value is -0.160. The lowest BCUT2D eigenvalue weighted by Crippen LogP contribution is -2.46. The minimum Gasteiger partial charge on any atom is -0.396 e. The van der Waals surface area contributed by atoms with Crippen LogP contribution in [-0.2, 0) is 9.47 Å². The summed E-state index contributed by atoms with van der Waals surface area (Å²) in [7, 11) is 0. The topological polar surface area (TPSA) is 58.9 Å². The molecule has 5 unspecified atom stereocenters. The predicted molar refractivity (Wildman–Crippen MR) is 98.0 cm³/mol. The van der Waals surface area contributed by atoms with Crippen LogP contribution in [0.5, 0.6) is 0 Å². The van der Waals surface area contributed by atoms with E-state index in [0.717, 1.165) is 25.7 Å². The van der Waals surface area contributed by atoms with Gasteiger partial charge in [-0.05, 0) is 30.6 Å². The summed E-state index contributed by atoms with van der Waals surface area (Å²) in [6.07, 6.45) is 5.64. The molecule has 0 aromatic rings. The van der Waals surface area contributed by atoms with E-state index in [1.54, 1.807) is 0 Å². The van der Waals surface area contributed by atoms with E-state index in [2.05, 4.69) is 34.6 Å². The summed E-state index contributed by atoms with van der Waals surface area (Å²) in [6, 6.07) is 0. The largest absolute Gasteiger partial charge is 0.396 e. The number of aliphatic hydroxyl groups excluding tert-OH is 2. The summed E-state index contributed by atoms with van der Waals surface area (Å²) >= 11 is 0. The Morgan fingerprint density at radius 2 is 1.62 bits per heavy atom. The molecule has 0 aliphatic carbocycles. The molecule has 4 nitrogen and oxygen atoms in total. The highest BCUT2D eigenvalue weighted by Gasteiger charge is 2.36.